The van der Waals surface area contributed by atoms with E-state index in [4.69, 9.17) is 16.3 Å². The van der Waals surface area contributed by atoms with Crippen molar-refractivity contribution in [3.63, 3.8) is 0 Å². The summed E-state index contributed by atoms with van der Waals surface area (Å²) in [7, 11) is 1.62. The molecule has 2 fully saturated rings. The molecule has 1 saturated carbocycles. The third-order valence-corrected chi connectivity index (χ3v) is 5.69. The Hall–Kier alpha value is -0.880. The Morgan fingerprint density at radius 1 is 1.44 bits per heavy atom. The predicted molar refractivity (Wildman–Crippen MR) is 98.6 cm³/mol. The van der Waals surface area contributed by atoms with Crippen LogP contribution in [0.2, 0.25) is 5.02 Å². The lowest BCUT2D eigenvalue weighted by Crippen LogP contribution is -2.38. The van der Waals surface area contributed by atoms with E-state index in [2.05, 4.69) is 5.32 Å². The van der Waals surface area contributed by atoms with E-state index < -0.39 is 0 Å². The van der Waals surface area contributed by atoms with Crippen molar-refractivity contribution in [2.24, 2.45) is 11.3 Å². The molecule has 140 valence electrons. The Balaban J connectivity index is 0.00000225. The summed E-state index contributed by atoms with van der Waals surface area (Å²) >= 11 is 6.13. The highest BCUT2D eigenvalue weighted by Gasteiger charge is 2.58. The minimum atomic E-state index is -0.366. The first-order valence-electron chi connectivity index (χ1n) is 8.48. The van der Waals surface area contributed by atoms with Crippen LogP contribution in [-0.2, 0) is 16.1 Å². The van der Waals surface area contributed by atoms with Crippen LogP contribution < -0.4 is 5.32 Å². The number of methoxy groups -OCH3 is 1. The van der Waals surface area contributed by atoms with Gasteiger partial charge in [-0.05, 0) is 55.5 Å². The summed E-state index contributed by atoms with van der Waals surface area (Å²) in [5.74, 6) is -0.0839. The maximum atomic E-state index is 13.2. The first-order valence-corrected chi connectivity index (χ1v) is 8.86. The number of carbonyl (C=O) groups excluding carboxylic acids is 1. The summed E-state index contributed by atoms with van der Waals surface area (Å²) in [6, 6.07) is 4.32. The van der Waals surface area contributed by atoms with Crippen LogP contribution in [0.5, 0.6) is 0 Å². The highest BCUT2D eigenvalue weighted by atomic mass is 35.5. The molecule has 1 aliphatic carbocycles. The summed E-state index contributed by atoms with van der Waals surface area (Å²) in [5, 5.41) is 3.72. The van der Waals surface area contributed by atoms with Gasteiger partial charge in [-0.25, -0.2) is 4.39 Å². The number of hydrogen-bond acceptors (Lipinski definition) is 3. The molecular weight excluding hydrogens is 366 g/mol. The summed E-state index contributed by atoms with van der Waals surface area (Å²) in [5.41, 5.74) is 0.961. The maximum Gasteiger partial charge on any atom is 0.226 e. The molecule has 1 saturated heterocycles. The van der Waals surface area contributed by atoms with Crippen molar-refractivity contribution in [3.05, 3.63) is 34.6 Å². The molecule has 1 aromatic carbocycles. The monoisotopic (exact) mass is 390 g/mol. The van der Waals surface area contributed by atoms with Gasteiger partial charge in [-0.1, -0.05) is 17.7 Å². The Morgan fingerprint density at radius 3 is 2.80 bits per heavy atom. The lowest BCUT2D eigenvalue weighted by molar-refractivity contribution is -0.135. The van der Waals surface area contributed by atoms with E-state index in [1.165, 1.54) is 12.1 Å². The standard InChI is InChI=1S/C18H24ClFN2O2.ClH/c1-24-9-8-22(12-13-2-3-14(20)10-16(13)19)17(23)15-11-18(15)4-6-21-7-5-18;/h2-3,10,15,21H,4-9,11-12H2,1H3;1H. The molecule has 0 aromatic heterocycles. The highest BCUT2D eigenvalue weighted by molar-refractivity contribution is 6.31. The fourth-order valence-corrected chi connectivity index (χ4v) is 3.95. The molecule has 1 aliphatic heterocycles. The summed E-state index contributed by atoms with van der Waals surface area (Å²) in [6.07, 6.45) is 3.12. The van der Waals surface area contributed by atoms with E-state index in [1.54, 1.807) is 13.2 Å². The Kier molecular flexibility index (Phi) is 7.09. The van der Waals surface area contributed by atoms with Gasteiger partial charge < -0.3 is 15.0 Å². The number of benzene rings is 1. The molecule has 1 atom stereocenters. The molecule has 0 radical (unpaired) electrons. The molecule has 2 aliphatic rings. The molecule has 7 heteroatoms. The zero-order chi connectivity index (χ0) is 17.2. The first kappa shape index (κ1) is 20.4. The second-order valence-electron chi connectivity index (χ2n) is 6.86. The largest absolute Gasteiger partial charge is 0.383 e. The molecule has 0 bridgehead atoms. The third kappa shape index (κ3) is 4.64. The maximum absolute atomic E-state index is 13.2. The van der Waals surface area contributed by atoms with Crippen LogP contribution in [0.15, 0.2) is 18.2 Å². The Bertz CT molecular complexity index is 609. The van der Waals surface area contributed by atoms with Crippen LogP contribution in [-0.4, -0.2) is 44.2 Å². The molecule has 1 spiro atoms. The van der Waals surface area contributed by atoms with Gasteiger partial charge >= 0.3 is 0 Å². The summed E-state index contributed by atoms with van der Waals surface area (Å²) < 4.78 is 18.4. The Labute approximate surface area is 159 Å². The zero-order valence-electron chi connectivity index (χ0n) is 14.4. The molecule has 1 amide bonds. The van der Waals surface area contributed by atoms with Gasteiger partial charge in [0.15, 0.2) is 0 Å². The van der Waals surface area contributed by atoms with Gasteiger partial charge in [0.25, 0.3) is 0 Å². The molecule has 4 nitrogen and oxygen atoms in total. The predicted octanol–water partition coefficient (Wildman–Crippen LogP) is 3.27. The normalized spacial score (nSPS) is 20.8. The minimum absolute atomic E-state index is 0. The molecule has 1 heterocycles. The van der Waals surface area contributed by atoms with Crippen molar-refractivity contribution >= 4 is 29.9 Å². The fourth-order valence-electron chi connectivity index (χ4n) is 3.72. The first-order chi connectivity index (χ1) is 11.6. The van der Waals surface area contributed by atoms with Crippen molar-refractivity contribution in [2.45, 2.75) is 25.8 Å². The second-order valence-corrected chi connectivity index (χ2v) is 7.26. The van der Waals surface area contributed by atoms with Crippen molar-refractivity contribution in [1.82, 2.24) is 10.2 Å². The minimum Gasteiger partial charge on any atom is -0.383 e. The van der Waals surface area contributed by atoms with E-state index in [9.17, 15) is 9.18 Å². The van der Waals surface area contributed by atoms with E-state index >= 15 is 0 Å². The van der Waals surface area contributed by atoms with Crippen molar-refractivity contribution in [2.75, 3.05) is 33.4 Å². The van der Waals surface area contributed by atoms with Gasteiger partial charge in [0, 0.05) is 31.1 Å². The van der Waals surface area contributed by atoms with Gasteiger partial charge in [-0.3, -0.25) is 4.79 Å². The van der Waals surface area contributed by atoms with Crippen molar-refractivity contribution < 1.29 is 13.9 Å². The molecule has 25 heavy (non-hydrogen) atoms. The van der Waals surface area contributed by atoms with Crippen molar-refractivity contribution in [1.29, 1.82) is 0 Å². The van der Waals surface area contributed by atoms with Crippen LogP contribution in [0.3, 0.4) is 0 Å². The third-order valence-electron chi connectivity index (χ3n) is 5.34. The second kappa shape index (κ2) is 8.67. The number of ether oxygens (including phenoxy) is 1. The number of piperidine rings is 1. The van der Waals surface area contributed by atoms with Crippen LogP contribution in [0, 0.1) is 17.2 Å². The van der Waals surface area contributed by atoms with E-state index in [0.717, 1.165) is 37.9 Å². The number of carbonyl (C=O) groups is 1. The van der Waals surface area contributed by atoms with Crippen LogP contribution in [0.4, 0.5) is 4.39 Å². The van der Waals surface area contributed by atoms with Gasteiger partial charge in [0.2, 0.25) is 5.91 Å². The van der Waals surface area contributed by atoms with Crippen LogP contribution in [0.1, 0.15) is 24.8 Å². The Morgan fingerprint density at radius 2 is 2.16 bits per heavy atom. The van der Waals surface area contributed by atoms with E-state index in [0.29, 0.717) is 24.7 Å². The fraction of sp³-hybridized carbons (Fsp3) is 0.611. The highest BCUT2D eigenvalue weighted by Crippen LogP contribution is 2.59. The zero-order valence-corrected chi connectivity index (χ0v) is 16.0. The number of nitrogens with zero attached hydrogens (tertiary/aromatic N) is 1. The summed E-state index contributed by atoms with van der Waals surface area (Å²) in [6.45, 7) is 3.38. The van der Waals surface area contributed by atoms with E-state index in [-0.39, 0.29) is 35.5 Å². The lowest BCUT2D eigenvalue weighted by atomic mass is 9.91. The van der Waals surface area contributed by atoms with Crippen LogP contribution >= 0.6 is 24.0 Å². The number of rotatable bonds is 6. The lowest BCUT2D eigenvalue weighted by Gasteiger charge is -2.27. The SMILES string of the molecule is COCCN(Cc1ccc(F)cc1Cl)C(=O)C1CC12CCNCC2.Cl. The molecule has 1 N–H and O–H groups in total. The van der Waals surface area contributed by atoms with Crippen LogP contribution in [0.25, 0.3) is 0 Å². The van der Waals surface area contributed by atoms with Gasteiger partial charge in [-0.2, -0.15) is 0 Å². The number of hydrogen-bond donors (Lipinski definition) is 1. The van der Waals surface area contributed by atoms with Gasteiger partial charge in [0.05, 0.1) is 6.61 Å². The van der Waals surface area contributed by atoms with Gasteiger partial charge in [0.1, 0.15) is 5.82 Å². The number of amides is 1. The van der Waals surface area contributed by atoms with Gasteiger partial charge in [-0.15, -0.1) is 12.4 Å². The number of nitrogens with one attached hydrogen (secondary N) is 1. The molecular formula is C18H25Cl2FN2O2. The molecule has 3 rings (SSSR count). The smallest absolute Gasteiger partial charge is 0.226 e. The average Bonchev–Trinajstić information content (AvgIpc) is 3.26. The molecule has 1 aromatic rings. The average molecular weight is 391 g/mol. The van der Waals surface area contributed by atoms with E-state index in [1.807, 2.05) is 4.90 Å². The van der Waals surface area contributed by atoms with Crippen molar-refractivity contribution in [3.8, 4) is 0 Å². The summed E-state index contributed by atoms with van der Waals surface area (Å²) in [4.78, 5) is 14.8. The topological polar surface area (TPSA) is 41.6 Å². The number of halogens is 3. The molecule has 1 unspecified atom stereocenters. The quantitative estimate of drug-likeness (QED) is 0.810.